The molecule has 20 heavy (non-hydrogen) atoms. The van der Waals surface area contributed by atoms with Crippen LogP contribution in [0, 0.1) is 10.1 Å². The Morgan fingerprint density at radius 3 is 2.70 bits per heavy atom. The minimum Gasteiger partial charge on any atom is -0.425 e. The number of nitro benzene ring substituents is 1. The number of non-ortho nitro benzene ring substituents is 1. The molecule has 2 aromatic rings. The molecule has 0 aliphatic carbocycles. The Morgan fingerprint density at radius 2 is 2.15 bits per heavy atom. The summed E-state index contributed by atoms with van der Waals surface area (Å²) in [5, 5.41) is 10.5. The maximum atomic E-state index is 11.7. The molecule has 1 atom stereocenters. The average molecular weight is 276 g/mol. The number of imidazole rings is 1. The second kappa shape index (κ2) is 5.93. The fourth-order valence-electron chi connectivity index (χ4n) is 1.54. The topological polar surface area (TPSA) is 124 Å². The summed E-state index contributed by atoms with van der Waals surface area (Å²) in [7, 11) is 0. The van der Waals surface area contributed by atoms with E-state index in [0.29, 0.717) is 5.69 Å². The zero-order chi connectivity index (χ0) is 14.5. The van der Waals surface area contributed by atoms with Gasteiger partial charge in [-0.2, -0.15) is 0 Å². The van der Waals surface area contributed by atoms with Crippen LogP contribution in [-0.4, -0.2) is 26.9 Å². The van der Waals surface area contributed by atoms with Gasteiger partial charge in [-0.05, 0) is 12.1 Å². The molecule has 0 radical (unpaired) electrons. The quantitative estimate of drug-likeness (QED) is 0.360. The summed E-state index contributed by atoms with van der Waals surface area (Å²) >= 11 is 0. The Morgan fingerprint density at radius 1 is 1.45 bits per heavy atom. The number of hydrogen-bond donors (Lipinski definition) is 2. The van der Waals surface area contributed by atoms with Crippen molar-refractivity contribution in [2.45, 2.75) is 12.5 Å². The molecule has 1 heterocycles. The van der Waals surface area contributed by atoms with Crippen molar-refractivity contribution >= 4 is 11.7 Å². The highest BCUT2D eigenvalue weighted by Crippen LogP contribution is 2.17. The molecule has 0 fully saturated rings. The SMILES string of the molecule is NC(Cc1c[nH]cn1)C(=O)Oc1ccc([N+](=O)[O-])cc1. The molecule has 0 amide bonds. The lowest BCUT2D eigenvalue weighted by atomic mass is 10.2. The lowest BCUT2D eigenvalue weighted by Gasteiger charge is -2.09. The van der Waals surface area contributed by atoms with Crippen molar-refractivity contribution in [2.24, 2.45) is 5.73 Å². The summed E-state index contributed by atoms with van der Waals surface area (Å²) in [5.74, 6) is -0.417. The number of carbonyl (C=O) groups is 1. The molecule has 3 N–H and O–H groups in total. The number of nitrogens with two attached hydrogens (primary N) is 1. The van der Waals surface area contributed by atoms with Crippen molar-refractivity contribution < 1.29 is 14.5 Å². The lowest BCUT2D eigenvalue weighted by molar-refractivity contribution is -0.384. The van der Waals surface area contributed by atoms with Gasteiger partial charge >= 0.3 is 5.97 Å². The van der Waals surface area contributed by atoms with Crippen molar-refractivity contribution in [1.82, 2.24) is 9.97 Å². The molecule has 8 nitrogen and oxygen atoms in total. The Kier molecular flexibility index (Phi) is 4.06. The first-order valence-corrected chi connectivity index (χ1v) is 5.75. The first-order valence-electron chi connectivity index (χ1n) is 5.75. The minimum atomic E-state index is -0.853. The Balaban J connectivity index is 1.95. The van der Waals surface area contributed by atoms with E-state index in [4.69, 9.17) is 10.5 Å². The van der Waals surface area contributed by atoms with Crippen LogP contribution < -0.4 is 10.5 Å². The van der Waals surface area contributed by atoms with Crippen LogP contribution in [0.15, 0.2) is 36.8 Å². The molecule has 104 valence electrons. The van der Waals surface area contributed by atoms with Crippen molar-refractivity contribution in [3.8, 4) is 5.75 Å². The van der Waals surface area contributed by atoms with Crippen LogP contribution in [0.2, 0.25) is 0 Å². The van der Waals surface area contributed by atoms with Gasteiger partial charge in [-0.15, -0.1) is 0 Å². The largest absolute Gasteiger partial charge is 0.425 e. The predicted octanol–water partition coefficient (Wildman–Crippen LogP) is 0.793. The maximum Gasteiger partial charge on any atom is 0.328 e. The van der Waals surface area contributed by atoms with E-state index in [-0.39, 0.29) is 17.9 Å². The number of nitrogens with zero attached hydrogens (tertiary/aromatic N) is 2. The standard InChI is InChI=1S/C12H12N4O4/c13-11(5-8-6-14-7-15-8)12(17)20-10-3-1-9(2-4-10)16(18)19/h1-4,6-7,11H,5,13H2,(H,14,15). The van der Waals surface area contributed by atoms with Crippen LogP contribution in [0.5, 0.6) is 5.75 Å². The number of rotatable bonds is 5. The third kappa shape index (κ3) is 3.39. The van der Waals surface area contributed by atoms with Gasteiger partial charge in [0.15, 0.2) is 0 Å². The molecule has 8 heteroatoms. The smallest absolute Gasteiger partial charge is 0.328 e. The number of ether oxygens (including phenoxy) is 1. The van der Waals surface area contributed by atoms with E-state index in [1.54, 1.807) is 6.20 Å². The van der Waals surface area contributed by atoms with Gasteiger partial charge in [0.2, 0.25) is 0 Å². The lowest BCUT2D eigenvalue weighted by Crippen LogP contribution is -2.36. The van der Waals surface area contributed by atoms with Crippen LogP contribution in [-0.2, 0) is 11.2 Å². The van der Waals surface area contributed by atoms with Crippen molar-refractivity contribution in [1.29, 1.82) is 0 Å². The molecule has 0 spiro atoms. The Labute approximate surface area is 113 Å². The number of aromatic nitrogens is 2. The third-order valence-electron chi connectivity index (χ3n) is 2.55. The van der Waals surface area contributed by atoms with E-state index < -0.39 is 16.9 Å². The minimum absolute atomic E-state index is 0.0781. The number of H-pyrrole nitrogens is 1. The highest BCUT2D eigenvalue weighted by atomic mass is 16.6. The fraction of sp³-hybridized carbons (Fsp3) is 0.167. The highest BCUT2D eigenvalue weighted by molar-refractivity contribution is 5.78. The number of nitro groups is 1. The van der Waals surface area contributed by atoms with Crippen LogP contribution in [0.3, 0.4) is 0 Å². The van der Waals surface area contributed by atoms with E-state index in [0.717, 1.165) is 0 Å². The maximum absolute atomic E-state index is 11.7. The molecular weight excluding hydrogens is 264 g/mol. The molecule has 0 aliphatic rings. The number of carbonyl (C=O) groups excluding carboxylic acids is 1. The van der Waals surface area contributed by atoms with Gasteiger partial charge in [0.25, 0.3) is 5.69 Å². The molecular formula is C12H12N4O4. The number of aromatic amines is 1. The summed E-state index contributed by atoms with van der Waals surface area (Å²) in [6.45, 7) is 0. The van der Waals surface area contributed by atoms with Crippen molar-refractivity contribution in [2.75, 3.05) is 0 Å². The van der Waals surface area contributed by atoms with Gasteiger partial charge in [-0.3, -0.25) is 10.1 Å². The van der Waals surface area contributed by atoms with Gasteiger partial charge in [0, 0.05) is 24.8 Å². The third-order valence-corrected chi connectivity index (χ3v) is 2.55. The number of nitrogens with one attached hydrogen (secondary N) is 1. The first kappa shape index (κ1) is 13.7. The fourth-order valence-corrected chi connectivity index (χ4v) is 1.54. The molecule has 2 rings (SSSR count). The van der Waals surface area contributed by atoms with E-state index >= 15 is 0 Å². The van der Waals surface area contributed by atoms with Gasteiger partial charge in [0.1, 0.15) is 11.8 Å². The summed E-state index contributed by atoms with van der Waals surface area (Å²) in [4.78, 5) is 28.4. The van der Waals surface area contributed by atoms with E-state index in [9.17, 15) is 14.9 Å². The molecule has 1 aromatic heterocycles. The molecule has 0 bridgehead atoms. The zero-order valence-electron chi connectivity index (χ0n) is 10.4. The van der Waals surface area contributed by atoms with Gasteiger partial charge < -0.3 is 15.5 Å². The summed E-state index contributed by atoms with van der Waals surface area (Å²) < 4.78 is 5.04. The van der Waals surface area contributed by atoms with Crippen LogP contribution >= 0.6 is 0 Å². The zero-order valence-corrected chi connectivity index (χ0v) is 10.4. The first-order chi connectivity index (χ1) is 9.56. The molecule has 1 aromatic carbocycles. The Bertz CT molecular complexity index is 594. The van der Waals surface area contributed by atoms with Crippen LogP contribution in [0.4, 0.5) is 5.69 Å². The van der Waals surface area contributed by atoms with E-state index in [1.165, 1.54) is 30.6 Å². The van der Waals surface area contributed by atoms with Crippen LogP contribution in [0.25, 0.3) is 0 Å². The second-order valence-electron chi connectivity index (χ2n) is 4.04. The predicted molar refractivity (Wildman–Crippen MR) is 69.0 cm³/mol. The van der Waals surface area contributed by atoms with Gasteiger partial charge in [-0.1, -0.05) is 0 Å². The van der Waals surface area contributed by atoms with Gasteiger partial charge in [-0.25, -0.2) is 9.78 Å². The summed E-state index contributed by atoms with van der Waals surface area (Å²) in [6, 6.07) is 4.34. The van der Waals surface area contributed by atoms with E-state index in [1.807, 2.05) is 0 Å². The number of esters is 1. The highest BCUT2D eigenvalue weighted by Gasteiger charge is 2.18. The van der Waals surface area contributed by atoms with E-state index in [2.05, 4.69) is 9.97 Å². The second-order valence-corrected chi connectivity index (χ2v) is 4.04. The number of hydrogen-bond acceptors (Lipinski definition) is 6. The normalized spacial score (nSPS) is 11.8. The molecule has 1 unspecified atom stereocenters. The average Bonchev–Trinajstić information content (AvgIpc) is 2.92. The van der Waals surface area contributed by atoms with Crippen molar-refractivity contribution in [3.63, 3.8) is 0 Å². The molecule has 0 saturated carbocycles. The van der Waals surface area contributed by atoms with Gasteiger partial charge in [0.05, 0.1) is 16.9 Å². The molecule has 0 aliphatic heterocycles. The summed E-state index contributed by atoms with van der Waals surface area (Å²) in [6.07, 6.45) is 3.37. The Hall–Kier alpha value is -2.74. The summed E-state index contributed by atoms with van der Waals surface area (Å²) in [5.41, 5.74) is 6.27. The van der Waals surface area contributed by atoms with Crippen molar-refractivity contribution in [3.05, 3.63) is 52.6 Å². The molecule has 0 saturated heterocycles. The monoisotopic (exact) mass is 276 g/mol. The van der Waals surface area contributed by atoms with Crippen LogP contribution in [0.1, 0.15) is 5.69 Å². The number of benzene rings is 1.